The zero-order chi connectivity index (χ0) is 16.7. The van der Waals surface area contributed by atoms with Crippen LogP contribution in [-0.4, -0.2) is 29.4 Å². The molecule has 0 aromatic heterocycles. The Morgan fingerprint density at radius 1 is 0.958 bits per heavy atom. The van der Waals surface area contributed by atoms with E-state index in [4.69, 9.17) is 0 Å². The van der Waals surface area contributed by atoms with Crippen LogP contribution >= 0.6 is 0 Å². The van der Waals surface area contributed by atoms with Crippen molar-refractivity contribution in [2.24, 2.45) is 11.8 Å². The fraction of sp³-hybridized carbons (Fsp3) is 0.579. The molecule has 2 aliphatic carbocycles. The first kappa shape index (κ1) is 15.8. The van der Waals surface area contributed by atoms with Crippen molar-refractivity contribution in [3.63, 3.8) is 0 Å². The Hall–Kier alpha value is -1.75. The second-order valence-electron chi connectivity index (χ2n) is 7.50. The molecule has 128 valence electrons. The van der Waals surface area contributed by atoms with Crippen LogP contribution in [0.4, 0.5) is 4.39 Å². The van der Waals surface area contributed by atoms with Gasteiger partial charge < -0.3 is 4.90 Å². The molecule has 4 nitrogen and oxygen atoms in total. The first-order chi connectivity index (χ1) is 11.6. The molecule has 0 radical (unpaired) electrons. The molecule has 1 aromatic carbocycles. The molecule has 1 N–H and O–H groups in total. The number of hydrogen-bond donors (Lipinski definition) is 1. The van der Waals surface area contributed by atoms with Crippen molar-refractivity contribution < 1.29 is 18.9 Å². The number of likely N-dealkylation sites (tertiary alicyclic amines) is 1. The lowest BCUT2D eigenvalue weighted by atomic mass is 9.81. The van der Waals surface area contributed by atoms with E-state index < -0.39 is 0 Å². The minimum Gasteiger partial charge on any atom is -0.311 e. The standard InChI is InChI=1S/C19H23FN2O2/c20-14-7-5-13(6-8-14)11-21(15-9-10-15)12-22-18(23)16-3-1-2-4-17(16)19(22)24/h5-8,15-17H,1-4,9-12H2/p+1/t16-,17-/m0/s1. The fourth-order valence-corrected chi connectivity index (χ4v) is 4.28. The number of fused-ring (bicyclic) bond motifs is 1. The van der Waals surface area contributed by atoms with Crippen LogP contribution in [0.3, 0.4) is 0 Å². The second kappa shape index (κ2) is 6.28. The molecule has 1 saturated heterocycles. The van der Waals surface area contributed by atoms with E-state index in [0.717, 1.165) is 50.6 Å². The lowest BCUT2D eigenvalue weighted by molar-refractivity contribution is -0.932. The Labute approximate surface area is 141 Å². The molecular weight excluding hydrogens is 307 g/mol. The number of halogens is 1. The van der Waals surface area contributed by atoms with Gasteiger partial charge in [0.05, 0.1) is 17.9 Å². The summed E-state index contributed by atoms with van der Waals surface area (Å²) in [6.07, 6.45) is 6.12. The average Bonchev–Trinajstić information content (AvgIpc) is 3.41. The SMILES string of the molecule is O=C1[C@H]2CCCC[C@@H]2C(=O)N1C[NH+](Cc1ccc(F)cc1)C1CC1. The molecule has 3 atom stereocenters. The number of amides is 2. The Morgan fingerprint density at radius 3 is 2.08 bits per heavy atom. The summed E-state index contributed by atoms with van der Waals surface area (Å²) < 4.78 is 13.1. The number of rotatable bonds is 5. The zero-order valence-electron chi connectivity index (χ0n) is 13.8. The number of carbonyl (C=O) groups excluding carboxylic acids is 2. The molecule has 0 bridgehead atoms. The quantitative estimate of drug-likeness (QED) is 0.831. The third-order valence-corrected chi connectivity index (χ3v) is 5.79. The van der Waals surface area contributed by atoms with Crippen molar-refractivity contribution in [1.82, 2.24) is 4.90 Å². The molecule has 0 spiro atoms. The van der Waals surface area contributed by atoms with Crippen molar-refractivity contribution in [3.8, 4) is 0 Å². The number of carbonyl (C=O) groups is 2. The minimum atomic E-state index is -0.235. The summed E-state index contributed by atoms with van der Waals surface area (Å²) in [5.74, 6) is -0.292. The van der Waals surface area contributed by atoms with E-state index in [1.165, 1.54) is 21.9 Å². The molecule has 5 heteroatoms. The highest BCUT2D eigenvalue weighted by molar-refractivity contribution is 6.05. The largest absolute Gasteiger partial charge is 0.311 e. The summed E-state index contributed by atoms with van der Waals surface area (Å²) in [6, 6.07) is 7.05. The van der Waals surface area contributed by atoms with Gasteiger partial charge in [-0.05, 0) is 25.0 Å². The van der Waals surface area contributed by atoms with E-state index in [9.17, 15) is 14.0 Å². The van der Waals surface area contributed by atoms with Gasteiger partial charge in [0.25, 0.3) is 0 Å². The zero-order valence-corrected chi connectivity index (χ0v) is 13.8. The van der Waals surface area contributed by atoms with E-state index >= 15 is 0 Å². The highest BCUT2D eigenvalue weighted by atomic mass is 19.1. The predicted molar refractivity (Wildman–Crippen MR) is 86.3 cm³/mol. The van der Waals surface area contributed by atoms with E-state index in [1.54, 1.807) is 12.1 Å². The number of imide groups is 1. The van der Waals surface area contributed by atoms with Crippen molar-refractivity contribution >= 4 is 11.8 Å². The summed E-state index contributed by atoms with van der Waals surface area (Å²) in [6.45, 7) is 1.20. The first-order valence-electron chi connectivity index (χ1n) is 9.08. The summed E-state index contributed by atoms with van der Waals surface area (Å²) in [5, 5.41) is 0. The van der Waals surface area contributed by atoms with Crippen LogP contribution in [-0.2, 0) is 16.1 Å². The van der Waals surface area contributed by atoms with Crippen molar-refractivity contribution in [3.05, 3.63) is 35.6 Å². The van der Waals surface area contributed by atoms with Gasteiger partial charge in [0.2, 0.25) is 11.8 Å². The molecule has 2 amide bonds. The monoisotopic (exact) mass is 331 g/mol. The number of hydrogen-bond acceptors (Lipinski definition) is 2. The lowest BCUT2D eigenvalue weighted by Crippen LogP contribution is -3.13. The van der Waals surface area contributed by atoms with Gasteiger partial charge in [0.1, 0.15) is 12.4 Å². The fourth-order valence-electron chi connectivity index (χ4n) is 4.28. The molecule has 2 saturated carbocycles. The van der Waals surface area contributed by atoms with Gasteiger partial charge in [-0.1, -0.05) is 25.0 Å². The number of nitrogens with one attached hydrogen (secondary N) is 1. The van der Waals surface area contributed by atoms with Gasteiger partial charge in [-0.3, -0.25) is 9.59 Å². The van der Waals surface area contributed by atoms with E-state index in [0.29, 0.717) is 12.7 Å². The van der Waals surface area contributed by atoms with Gasteiger partial charge in [-0.15, -0.1) is 0 Å². The summed E-state index contributed by atoms with van der Waals surface area (Å²) in [4.78, 5) is 28.1. The van der Waals surface area contributed by atoms with Crippen LogP contribution in [0.5, 0.6) is 0 Å². The minimum absolute atomic E-state index is 0.0435. The number of benzene rings is 1. The normalized spacial score (nSPS) is 28.1. The smallest absolute Gasteiger partial charge is 0.237 e. The van der Waals surface area contributed by atoms with Gasteiger partial charge in [0.15, 0.2) is 6.67 Å². The van der Waals surface area contributed by atoms with Crippen molar-refractivity contribution in [2.75, 3.05) is 6.67 Å². The Bertz CT molecular complexity index is 617. The van der Waals surface area contributed by atoms with E-state index in [-0.39, 0.29) is 29.5 Å². The summed E-state index contributed by atoms with van der Waals surface area (Å²) in [5.41, 5.74) is 1.05. The maximum atomic E-state index is 13.1. The van der Waals surface area contributed by atoms with Crippen molar-refractivity contribution in [1.29, 1.82) is 0 Å². The molecule has 24 heavy (non-hydrogen) atoms. The van der Waals surface area contributed by atoms with Gasteiger partial charge in [-0.25, -0.2) is 9.29 Å². The van der Waals surface area contributed by atoms with Gasteiger partial charge >= 0.3 is 0 Å². The van der Waals surface area contributed by atoms with Crippen LogP contribution in [0.2, 0.25) is 0 Å². The van der Waals surface area contributed by atoms with E-state index in [1.807, 2.05) is 0 Å². The highest BCUT2D eigenvalue weighted by Gasteiger charge is 2.50. The van der Waals surface area contributed by atoms with Crippen LogP contribution in [0.15, 0.2) is 24.3 Å². The highest BCUT2D eigenvalue weighted by Crippen LogP contribution is 2.37. The maximum Gasteiger partial charge on any atom is 0.237 e. The molecule has 1 unspecified atom stereocenters. The Morgan fingerprint density at radius 2 is 1.54 bits per heavy atom. The molecule has 4 rings (SSSR count). The maximum absolute atomic E-state index is 13.1. The summed E-state index contributed by atoms with van der Waals surface area (Å²) >= 11 is 0. The Kier molecular flexibility index (Phi) is 4.12. The number of quaternary nitrogens is 1. The average molecular weight is 331 g/mol. The first-order valence-corrected chi connectivity index (χ1v) is 9.08. The van der Waals surface area contributed by atoms with Gasteiger partial charge in [-0.2, -0.15) is 0 Å². The predicted octanol–water partition coefficient (Wildman–Crippen LogP) is 1.51. The molecule has 1 aromatic rings. The topological polar surface area (TPSA) is 41.8 Å². The Balaban J connectivity index is 1.48. The van der Waals surface area contributed by atoms with Crippen LogP contribution < -0.4 is 4.90 Å². The molecule has 3 aliphatic rings. The second-order valence-corrected chi connectivity index (χ2v) is 7.50. The lowest BCUT2D eigenvalue weighted by Gasteiger charge is -2.24. The van der Waals surface area contributed by atoms with Crippen LogP contribution in [0.1, 0.15) is 44.1 Å². The molecule has 1 aliphatic heterocycles. The third-order valence-electron chi connectivity index (χ3n) is 5.79. The van der Waals surface area contributed by atoms with Crippen LogP contribution in [0.25, 0.3) is 0 Å². The third kappa shape index (κ3) is 2.97. The van der Waals surface area contributed by atoms with Crippen LogP contribution in [0, 0.1) is 17.7 Å². The van der Waals surface area contributed by atoms with Crippen molar-refractivity contribution in [2.45, 2.75) is 51.1 Å². The number of nitrogens with zero attached hydrogens (tertiary/aromatic N) is 1. The molecule has 1 heterocycles. The van der Waals surface area contributed by atoms with Gasteiger partial charge in [0, 0.05) is 18.4 Å². The molecular formula is C19H24FN2O2+. The molecule has 3 fully saturated rings. The van der Waals surface area contributed by atoms with E-state index in [2.05, 4.69) is 0 Å². The summed E-state index contributed by atoms with van der Waals surface area (Å²) in [7, 11) is 0.